The van der Waals surface area contributed by atoms with E-state index in [2.05, 4.69) is 47.0 Å². The fourth-order valence-electron chi connectivity index (χ4n) is 6.18. The topological polar surface area (TPSA) is 133 Å². The molecular weight excluding hydrogens is 602 g/mol. The van der Waals surface area contributed by atoms with Crippen molar-refractivity contribution < 1.29 is 9.90 Å². The molecule has 0 radical (unpaired) electrons. The number of aliphatic hydroxyl groups excluding tert-OH is 1. The maximum absolute atomic E-state index is 12.4. The maximum Gasteiger partial charge on any atom is 0.248 e. The minimum atomic E-state index is -0.178. The Balaban J connectivity index is 1.24. The highest BCUT2D eigenvalue weighted by Crippen LogP contribution is 2.32. The highest BCUT2D eigenvalue weighted by molar-refractivity contribution is 6.02. The summed E-state index contributed by atoms with van der Waals surface area (Å²) in [6, 6.07) is 16.1. The zero-order chi connectivity index (χ0) is 33.6. The third kappa shape index (κ3) is 7.80. The van der Waals surface area contributed by atoms with Crippen LogP contribution >= 0.6 is 0 Å². The van der Waals surface area contributed by atoms with E-state index in [9.17, 15) is 9.90 Å². The molecule has 4 N–H and O–H groups in total. The number of hydrogen-bond acceptors (Lipinski definition) is 9. The highest BCUT2D eigenvalue weighted by Gasteiger charge is 2.21. The van der Waals surface area contributed by atoms with E-state index in [-0.39, 0.29) is 17.9 Å². The maximum atomic E-state index is 12.4. The molecule has 1 aliphatic carbocycles. The lowest BCUT2D eigenvalue weighted by molar-refractivity contribution is -0.111. The van der Waals surface area contributed by atoms with Crippen molar-refractivity contribution in [1.29, 1.82) is 0 Å². The van der Waals surface area contributed by atoms with Crippen LogP contribution in [-0.4, -0.2) is 73.8 Å². The summed E-state index contributed by atoms with van der Waals surface area (Å²) >= 11 is 0. The number of amides is 1. The molecule has 48 heavy (non-hydrogen) atoms. The normalized spacial score (nSPS) is 16.7. The number of pyridine rings is 1. The van der Waals surface area contributed by atoms with Gasteiger partial charge in [0, 0.05) is 54.1 Å². The number of carbonyl (C=O) groups is 1. The number of rotatable bonds is 12. The number of benzene rings is 2. The molecule has 0 unspecified atom stereocenters. The highest BCUT2D eigenvalue weighted by atomic mass is 16.3. The summed E-state index contributed by atoms with van der Waals surface area (Å²) in [5.74, 6) is 1.75. The molecule has 1 aliphatic rings. The molecule has 11 heteroatoms. The molecule has 0 bridgehead atoms. The SMILES string of the molecule is CC(C)c1cnn2c(NCc3ccccc3-c3nccc4cc(NC(=O)/C=C/CN(C)C)ccc34)nc(NC[C@H]3CC[C@H](O)CC3)nc12. The molecule has 0 saturated heterocycles. The molecule has 5 aromatic rings. The quantitative estimate of drug-likeness (QED) is 0.119. The molecule has 3 aromatic heterocycles. The van der Waals surface area contributed by atoms with Crippen LogP contribution in [0.3, 0.4) is 0 Å². The lowest BCUT2D eigenvalue weighted by atomic mass is 9.87. The van der Waals surface area contributed by atoms with E-state index < -0.39 is 0 Å². The van der Waals surface area contributed by atoms with Crippen LogP contribution in [0, 0.1) is 5.92 Å². The Morgan fingerprint density at radius 1 is 1.06 bits per heavy atom. The molecule has 0 aliphatic heterocycles. The van der Waals surface area contributed by atoms with E-state index in [0.29, 0.717) is 30.9 Å². The van der Waals surface area contributed by atoms with E-state index in [1.807, 2.05) is 67.7 Å². The van der Waals surface area contributed by atoms with Gasteiger partial charge in [-0.15, -0.1) is 0 Å². The first-order chi connectivity index (χ1) is 23.2. The number of nitrogens with one attached hydrogen (secondary N) is 3. The van der Waals surface area contributed by atoms with Gasteiger partial charge in [-0.3, -0.25) is 9.78 Å². The predicted molar refractivity (Wildman–Crippen MR) is 192 cm³/mol. The van der Waals surface area contributed by atoms with Crippen LogP contribution in [-0.2, 0) is 11.3 Å². The molecule has 3 heterocycles. The van der Waals surface area contributed by atoms with E-state index in [0.717, 1.165) is 76.7 Å². The van der Waals surface area contributed by atoms with Crippen LogP contribution in [0.4, 0.5) is 17.6 Å². The Hall–Kier alpha value is -4.87. The molecule has 6 rings (SSSR count). The number of aliphatic hydroxyl groups is 1. The largest absolute Gasteiger partial charge is 0.393 e. The summed E-state index contributed by atoms with van der Waals surface area (Å²) in [6.45, 7) is 6.23. The van der Waals surface area contributed by atoms with Crippen LogP contribution in [0.25, 0.3) is 27.7 Å². The second-order valence-electron chi connectivity index (χ2n) is 13.2. The number of nitrogens with zero attached hydrogens (tertiary/aromatic N) is 6. The van der Waals surface area contributed by atoms with Crippen molar-refractivity contribution in [3.63, 3.8) is 0 Å². The third-order valence-corrected chi connectivity index (χ3v) is 8.86. The Labute approximate surface area is 281 Å². The Morgan fingerprint density at radius 2 is 1.88 bits per heavy atom. The lowest BCUT2D eigenvalue weighted by Crippen LogP contribution is -2.24. The Morgan fingerprint density at radius 3 is 2.67 bits per heavy atom. The van der Waals surface area contributed by atoms with Gasteiger partial charge in [-0.25, -0.2) is 0 Å². The first-order valence-electron chi connectivity index (χ1n) is 16.8. The monoisotopic (exact) mass is 647 g/mol. The van der Waals surface area contributed by atoms with Crippen molar-refractivity contribution in [3.8, 4) is 11.3 Å². The van der Waals surface area contributed by atoms with Gasteiger partial charge < -0.3 is 26.0 Å². The number of hydrogen-bond donors (Lipinski definition) is 4. The van der Waals surface area contributed by atoms with E-state index in [1.54, 1.807) is 16.8 Å². The lowest BCUT2D eigenvalue weighted by Gasteiger charge is -2.25. The van der Waals surface area contributed by atoms with Crippen molar-refractivity contribution in [2.75, 3.05) is 43.1 Å². The second kappa shape index (κ2) is 14.9. The van der Waals surface area contributed by atoms with E-state index in [4.69, 9.17) is 15.0 Å². The summed E-state index contributed by atoms with van der Waals surface area (Å²) in [5, 5.41) is 26.5. The van der Waals surface area contributed by atoms with Crippen LogP contribution in [0.2, 0.25) is 0 Å². The van der Waals surface area contributed by atoms with E-state index >= 15 is 0 Å². The van der Waals surface area contributed by atoms with Crippen molar-refractivity contribution in [2.45, 2.75) is 58.1 Å². The van der Waals surface area contributed by atoms with Crippen molar-refractivity contribution in [3.05, 3.63) is 84.2 Å². The Bertz CT molecular complexity index is 1910. The van der Waals surface area contributed by atoms with Crippen molar-refractivity contribution in [1.82, 2.24) is 29.5 Å². The number of carbonyl (C=O) groups excluding carboxylic acids is 1. The minimum absolute atomic E-state index is 0.161. The standard InChI is InChI=1S/C37H45N9O2/c1-24(2)32-23-41-46-35(32)43-36(39-21-25-11-14-29(47)15-12-25)44-37(46)40-22-27-8-5-6-9-30(27)34-31-16-13-28(20-26(31)17-18-38-34)42-33(48)10-7-19-45(3)4/h5-10,13,16-18,20,23-25,29,47H,11-12,14-15,19,21-22H2,1-4H3,(H,42,48)(H2,39,40,43,44)/b10-7+/t25-,29-. The molecule has 2 aromatic carbocycles. The van der Waals surface area contributed by atoms with Gasteiger partial charge in [0.1, 0.15) is 0 Å². The predicted octanol–water partition coefficient (Wildman–Crippen LogP) is 6.09. The van der Waals surface area contributed by atoms with Gasteiger partial charge >= 0.3 is 0 Å². The minimum Gasteiger partial charge on any atom is -0.393 e. The average Bonchev–Trinajstić information content (AvgIpc) is 3.51. The smallest absolute Gasteiger partial charge is 0.248 e. The first kappa shape index (κ1) is 33.0. The number of likely N-dealkylation sites (N-methyl/N-ethyl adjacent to an activating group) is 1. The van der Waals surface area contributed by atoms with Crippen molar-refractivity contribution in [2.24, 2.45) is 5.92 Å². The molecule has 1 fully saturated rings. The van der Waals surface area contributed by atoms with Gasteiger partial charge in [0.2, 0.25) is 17.8 Å². The summed E-state index contributed by atoms with van der Waals surface area (Å²) in [6.07, 6.45) is 10.6. The average molecular weight is 648 g/mol. The summed E-state index contributed by atoms with van der Waals surface area (Å²) in [7, 11) is 3.92. The van der Waals surface area contributed by atoms with E-state index in [1.165, 1.54) is 0 Å². The van der Waals surface area contributed by atoms with Gasteiger partial charge in [0.05, 0.1) is 18.0 Å². The van der Waals surface area contributed by atoms with Crippen LogP contribution in [0.5, 0.6) is 0 Å². The fourth-order valence-corrected chi connectivity index (χ4v) is 6.18. The summed E-state index contributed by atoms with van der Waals surface area (Å²) in [4.78, 5) is 29.0. The molecule has 1 saturated carbocycles. The number of anilines is 3. The molecule has 0 spiro atoms. The van der Waals surface area contributed by atoms with Crippen LogP contribution in [0.15, 0.2) is 73.1 Å². The third-order valence-electron chi connectivity index (χ3n) is 8.86. The molecule has 0 atom stereocenters. The van der Waals surface area contributed by atoms with Crippen molar-refractivity contribution >= 4 is 39.9 Å². The van der Waals surface area contributed by atoms with Crippen LogP contribution < -0.4 is 16.0 Å². The summed E-state index contributed by atoms with van der Waals surface area (Å²) < 4.78 is 1.78. The molecule has 1 amide bonds. The Kier molecular flexibility index (Phi) is 10.3. The second-order valence-corrected chi connectivity index (χ2v) is 13.2. The fraction of sp³-hybridized carbons (Fsp3) is 0.378. The number of fused-ring (bicyclic) bond motifs is 2. The van der Waals surface area contributed by atoms with Gasteiger partial charge in [-0.05, 0) is 80.8 Å². The molecule has 11 nitrogen and oxygen atoms in total. The van der Waals surface area contributed by atoms with Gasteiger partial charge in [0.15, 0.2) is 5.65 Å². The van der Waals surface area contributed by atoms with Gasteiger partial charge in [0.25, 0.3) is 0 Å². The number of aromatic nitrogens is 5. The first-order valence-corrected chi connectivity index (χ1v) is 16.8. The van der Waals surface area contributed by atoms with Gasteiger partial charge in [-0.1, -0.05) is 50.3 Å². The zero-order valence-corrected chi connectivity index (χ0v) is 28.1. The van der Waals surface area contributed by atoms with Crippen LogP contribution in [0.1, 0.15) is 56.6 Å². The zero-order valence-electron chi connectivity index (χ0n) is 28.1. The van der Waals surface area contributed by atoms with Gasteiger partial charge in [-0.2, -0.15) is 19.6 Å². The summed E-state index contributed by atoms with van der Waals surface area (Å²) in [5.41, 5.74) is 5.49. The molecular formula is C37H45N9O2. The molecule has 250 valence electrons.